The van der Waals surface area contributed by atoms with Gasteiger partial charge in [-0.05, 0) is 13.3 Å². The summed E-state index contributed by atoms with van der Waals surface area (Å²) in [5.41, 5.74) is 5.26. The Labute approximate surface area is 146 Å². The largest absolute Gasteiger partial charge is 0.378 e. The number of nitrogens with one attached hydrogen (secondary N) is 2. The quantitative estimate of drug-likeness (QED) is 0.362. The van der Waals surface area contributed by atoms with E-state index in [4.69, 9.17) is 15.2 Å². The molecule has 0 aliphatic heterocycles. The lowest BCUT2D eigenvalue weighted by molar-refractivity contribution is -0.127. The summed E-state index contributed by atoms with van der Waals surface area (Å²) >= 11 is 0. The molecule has 142 valence electrons. The second kappa shape index (κ2) is 16.7. The monoisotopic (exact) mass is 345 g/mol. The van der Waals surface area contributed by atoms with Crippen LogP contribution in [0.1, 0.15) is 52.4 Å². The molecule has 0 bridgehead atoms. The highest BCUT2D eigenvalue weighted by Gasteiger charge is 2.06. The zero-order valence-corrected chi connectivity index (χ0v) is 15.3. The van der Waals surface area contributed by atoms with E-state index in [2.05, 4.69) is 17.6 Å². The van der Waals surface area contributed by atoms with E-state index in [0.717, 1.165) is 12.8 Å². The molecular weight excluding hydrogens is 310 g/mol. The molecule has 4 N–H and O–H groups in total. The minimum atomic E-state index is -0.129. The summed E-state index contributed by atoms with van der Waals surface area (Å²) in [6.07, 6.45) is 6.27. The average molecular weight is 345 g/mol. The molecule has 24 heavy (non-hydrogen) atoms. The van der Waals surface area contributed by atoms with Crippen molar-refractivity contribution < 1.29 is 19.1 Å². The Balaban J connectivity index is 3.38. The maximum atomic E-state index is 11.6. The van der Waals surface area contributed by atoms with Gasteiger partial charge < -0.3 is 25.8 Å². The molecule has 7 heteroatoms. The second-order valence-electron chi connectivity index (χ2n) is 5.82. The predicted molar refractivity (Wildman–Crippen MR) is 94.7 cm³/mol. The molecule has 1 atom stereocenters. The topological polar surface area (TPSA) is 103 Å². The van der Waals surface area contributed by atoms with Gasteiger partial charge in [0.15, 0.2) is 0 Å². The average Bonchev–Trinajstić information content (AvgIpc) is 2.56. The van der Waals surface area contributed by atoms with E-state index >= 15 is 0 Å². The molecule has 2 amide bonds. The SMILES string of the molecule is CCCCCCC(C)OCC(=O)NCCOCCNC(=O)CCN. The number of ether oxygens (including phenoxy) is 2. The van der Waals surface area contributed by atoms with E-state index in [1.165, 1.54) is 19.3 Å². The van der Waals surface area contributed by atoms with Crippen LogP contribution in [0, 0.1) is 0 Å². The maximum Gasteiger partial charge on any atom is 0.246 e. The Morgan fingerprint density at radius 1 is 1.04 bits per heavy atom. The normalized spacial score (nSPS) is 12.0. The third-order valence-electron chi connectivity index (χ3n) is 3.47. The third kappa shape index (κ3) is 15.7. The van der Waals surface area contributed by atoms with Crippen molar-refractivity contribution in [1.82, 2.24) is 10.6 Å². The van der Waals surface area contributed by atoms with Gasteiger partial charge in [0.05, 0.1) is 19.3 Å². The van der Waals surface area contributed by atoms with E-state index in [0.29, 0.717) is 39.3 Å². The van der Waals surface area contributed by atoms with E-state index in [1.807, 2.05) is 6.92 Å². The van der Waals surface area contributed by atoms with Crippen molar-refractivity contribution in [3.63, 3.8) is 0 Å². The van der Waals surface area contributed by atoms with E-state index in [1.54, 1.807) is 0 Å². The Morgan fingerprint density at radius 2 is 1.71 bits per heavy atom. The van der Waals surface area contributed by atoms with Crippen LogP contribution in [0.4, 0.5) is 0 Å². The van der Waals surface area contributed by atoms with Crippen LogP contribution in [0.2, 0.25) is 0 Å². The lowest BCUT2D eigenvalue weighted by Gasteiger charge is -2.13. The molecule has 0 aromatic heterocycles. The summed E-state index contributed by atoms with van der Waals surface area (Å²) < 4.78 is 10.8. The Bertz CT molecular complexity index is 327. The van der Waals surface area contributed by atoms with Gasteiger partial charge in [-0.1, -0.05) is 32.6 Å². The molecule has 0 radical (unpaired) electrons. The lowest BCUT2D eigenvalue weighted by atomic mass is 10.1. The van der Waals surface area contributed by atoms with E-state index < -0.39 is 0 Å². The first-order valence-electron chi connectivity index (χ1n) is 9.03. The number of hydrogen-bond acceptors (Lipinski definition) is 5. The molecule has 0 aromatic carbocycles. The summed E-state index contributed by atoms with van der Waals surface area (Å²) in [6, 6.07) is 0. The Hall–Kier alpha value is -1.18. The summed E-state index contributed by atoms with van der Waals surface area (Å²) in [5.74, 6) is -0.203. The molecule has 7 nitrogen and oxygen atoms in total. The van der Waals surface area contributed by atoms with Crippen molar-refractivity contribution in [1.29, 1.82) is 0 Å². The fourth-order valence-corrected chi connectivity index (χ4v) is 2.06. The fraction of sp³-hybridized carbons (Fsp3) is 0.882. The third-order valence-corrected chi connectivity index (χ3v) is 3.47. The van der Waals surface area contributed by atoms with Crippen LogP contribution in [0.25, 0.3) is 0 Å². The molecule has 0 heterocycles. The zero-order valence-electron chi connectivity index (χ0n) is 15.3. The lowest BCUT2D eigenvalue weighted by Crippen LogP contribution is -2.33. The first-order valence-corrected chi connectivity index (χ1v) is 9.03. The molecule has 1 unspecified atom stereocenters. The highest BCUT2D eigenvalue weighted by Crippen LogP contribution is 2.07. The van der Waals surface area contributed by atoms with E-state index in [9.17, 15) is 9.59 Å². The van der Waals surface area contributed by atoms with Crippen molar-refractivity contribution in [2.75, 3.05) is 39.5 Å². The van der Waals surface area contributed by atoms with Crippen molar-refractivity contribution in [3.8, 4) is 0 Å². The van der Waals surface area contributed by atoms with Crippen LogP contribution in [0.5, 0.6) is 0 Å². The van der Waals surface area contributed by atoms with Crippen molar-refractivity contribution in [2.45, 2.75) is 58.5 Å². The van der Waals surface area contributed by atoms with Gasteiger partial charge in [0, 0.05) is 26.1 Å². The number of rotatable bonds is 16. The summed E-state index contributed by atoms with van der Waals surface area (Å²) in [7, 11) is 0. The van der Waals surface area contributed by atoms with Crippen molar-refractivity contribution >= 4 is 11.8 Å². The van der Waals surface area contributed by atoms with Gasteiger partial charge >= 0.3 is 0 Å². The summed E-state index contributed by atoms with van der Waals surface area (Å²) in [6.45, 7) is 6.33. The van der Waals surface area contributed by atoms with Crippen molar-refractivity contribution in [2.24, 2.45) is 5.73 Å². The first-order chi connectivity index (χ1) is 11.6. The minimum absolute atomic E-state index is 0.0737. The predicted octanol–water partition coefficient (Wildman–Crippen LogP) is 0.960. The number of nitrogens with two attached hydrogens (primary N) is 1. The number of unbranched alkanes of at least 4 members (excludes halogenated alkanes) is 3. The number of carbonyl (C=O) groups excluding carboxylic acids is 2. The Kier molecular flexibility index (Phi) is 15.9. The van der Waals surface area contributed by atoms with Gasteiger partial charge in [-0.2, -0.15) is 0 Å². The molecule has 0 fully saturated rings. The number of carbonyl (C=O) groups is 2. The van der Waals surface area contributed by atoms with Gasteiger partial charge in [-0.15, -0.1) is 0 Å². The van der Waals surface area contributed by atoms with Gasteiger partial charge in [0.25, 0.3) is 0 Å². The van der Waals surface area contributed by atoms with Crippen LogP contribution in [0.3, 0.4) is 0 Å². The maximum absolute atomic E-state index is 11.6. The summed E-state index contributed by atoms with van der Waals surface area (Å²) in [5, 5.41) is 5.43. The van der Waals surface area contributed by atoms with Crippen LogP contribution < -0.4 is 16.4 Å². The molecule has 0 rings (SSSR count). The molecule has 0 saturated heterocycles. The standard InChI is InChI=1S/C17H35N3O4/c1-3-4-5-6-7-15(2)24-14-17(22)20-11-13-23-12-10-19-16(21)8-9-18/h15H,3-14,18H2,1-2H3,(H,19,21)(H,20,22). The van der Waals surface area contributed by atoms with Crippen LogP contribution >= 0.6 is 0 Å². The van der Waals surface area contributed by atoms with Crippen LogP contribution in [0.15, 0.2) is 0 Å². The number of hydrogen-bond donors (Lipinski definition) is 3. The molecule has 0 spiro atoms. The zero-order chi connectivity index (χ0) is 18.0. The number of amides is 2. The second-order valence-corrected chi connectivity index (χ2v) is 5.82. The smallest absolute Gasteiger partial charge is 0.246 e. The molecule has 0 aliphatic carbocycles. The highest BCUT2D eigenvalue weighted by molar-refractivity contribution is 5.77. The van der Waals surface area contributed by atoms with Crippen molar-refractivity contribution in [3.05, 3.63) is 0 Å². The van der Waals surface area contributed by atoms with Gasteiger partial charge in [-0.3, -0.25) is 9.59 Å². The van der Waals surface area contributed by atoms with Crippen LogP contribution in [-0.4, -0.2) is 57.4 Å². The molecule has 0 aromatic rings. The summed E-state index contributed by atoms with van der Waals surface area (Å²) in [4.78, 5) is 22.7. The van der Waals surface area contributed by atoms with Gasteiger partial charge in [-0.25, -0.2) is 0 Å². The first kappa shape index (κ1) is 22.8. The van der Waals surface area contributed by atoms with Crippen LogP contribution in [-0.2, 0) is 19.1 Å². The van der Waals surface area contributed by atoms with E-state index in [-0.39, 0.29) is 24.5 Å². The highest BCUT2D eigenvalue weighted by atomic mass is 16.5. The minimum Gasteiger partial charge on any atom is -0.378 e. The van der Waals surface area contributed by atoms with Gasteiger partial charge in [0.2, 0.25) is 11.8 Å². The molecule has 0 saturated carbocycles. The Morgan fingerprint density at radius 3 is 2.33 bits per heavy atom. The van der Waals surface area contributed by atoms with Gasteiger partial charge in [0.1, 0.15) is 6.61 Å². The fourth-order valence-electron chi connectivity index (χ4n) is 2.06. The molecular formula is C17H35N3O4. The molecule has 0 aliphatic rings.